The number of likely N-dealkylation sites (tertiary alicyclic amines) is 1. The summed E-state index contributed by atoms with van der Waals surface area (Å²) in [5.74, 6) is 0.968. The molecule has 1 aromatic rings. The Hall–Kier alpha value is -1.28. The minimum atomic E-state index is 0.805. The van der Waals surface area contributed by atoms with Crippen LogP contribution in [0.5, 0.6) is 5.75 Å². The summed E-state index contributed by atoms with van der Waals surface area (Å²) in [4.78, 5) is 2.72. The molecule has 0 aromatic heterocycles. The van der Waals surface area contributed by atoms with Crippen LogP contribution < -0.4 is 4.74 Å². The Bertz CT molecular complexity index is 488. The van der Waals surface area contributed by atoms with Gasteiger partial charge in [0, 0.05) is 6.04 Å². The molecule has 21 heavy (non-hydrogen) atoms. The topological polar surface area (TPSA) is 12.5 Å². The second-order valence-corrected chi connectivity index (χ2v) is 6.42. The zero-order valence-electron chi connectivity index (χ0n) is 13.2. The first-order valence-electron chi connectivity index (χ1n) is 8.40. The van der Waals surface area contributed by atoms with E-state index in [2.05, 4.69) is 29.2 Å². The van der Waals surface area contributed by atoms with E-state index in [9.17, 15) is 0 Å². The first-order chi connectivity index (χ1) is 10.3. The molecule has 1 fully saturated rings. The van der Waals surface area contributed by atoms with Gasteiger partial charge in [-0.05, 0) is 69.3 Å². The van der Waals surface area contributed by atoms with Gasteiger partial charge in [0.1, 0.15) is 5.75 Å². The second-order valence-electron chi connectivity index (χ2n) is 6.42. The van der Waals surface area contributed by atoms with Crippen LogP contribution in [0, 0.1) is 0 Å². The largest absolute Gasteiger partial charge is 0.497 e. The fourth-order valence-corrected chi connectivity index (χ4v) is 3.69. The third kappa shape index (κ3) is 3.88. The van der Waals surface area contributed by atoms with E-state index in [1.165, 1.54) is 57.2 Å². The maximum atomic E-state index is 5.31. The molecule has 0 saturated carbocycles. The van der Waals surface area contributed by atoms with Gasteiger partial charge < -0.3 is 9.64 Å². The molecule has 1 aromatic carbocycles. The van der Waals surface area contributed by atoms with Crippen molar-refractivity contribution in [2.75, 3.05) is 20.2 Å². The van der Waals surface area contributed by atoms with Crippen LogP contribution in [0.3, 0.4) is 0 Å². The Morgan fingerprint density at radius 2 is 2.05 bits per heavy atom. The number of methoxy groups -OCH3 is 1. The van der Waals surface area contributed by atoms with Crippen LogP contribution in [-0.4, -0.2) is 31.1 Å². The molecule has 1 aliphatic heterocycles. The number of allylic oxidation sites excluding steroid dienone is 1. The number of piperidine rings is 1. The standard InChI is InChI=1S/C19H27NO/c1-21-19-7-5-6-17(15-19)14-16-8-10-18(11-9-16)20-12-3-2-4-13-20/h5-8,15,18H,2-4,9-14H2,1H3. The summed E-state index contributed by atoms with van der Waals surface area (Å²) < 4.78 is 5.31. The van der Waals surface area contributed by atoms with Crippen molar-refractivity contribution in [1.29, 1.82) is 0 Å². The summed E-state index contributed by atoms with van der Waals surface area (Å²) >= 11 is 0. The minimum absolute atomic E-state index is 0.805. The zero-order chi connectivity index (χ0) is 14.5. The molecule has 3 rings (SSSR count). The van der Waals surface area contributed by atoms with Crippen LogP contribution in [0.1, 0.15) is 44.1 Å². The Balaban J connectivity index is 1.56. The molecule has 0 amide bonds. The number of hydrogen-bond donors (Lipinski definition) is 0. The third-order valence-corrected chi connectivity index (χ3v) is 4.95. The fourth-order valence-electron chi connectivity index (χ4n) is 3.69. The molecule has 0 radical (unpaired) electrons. The summed E-state index contributed by atoms with van der Waals surface area (Å²) in [6, 6.07) is 9.29. The van der Waals surface area contributed by atoms with Crippen molar-refractivity contribution in [2.45, 2.75) is 51.0 Å². The fraction of sp³-hybridized carbons (Fsp3) is 0.579. The summed E-state index contributed by atoms with van der Waals surface area (Å²) in [6.45, 7) is 2.65. The molecule has 2 nitrogen and oxygen atoms in total. The zero-order valence-corrected chi connectivity index (χ0v) is 13.2. The molecule has 0 N–H and O–H groups in total. The summed E-state index contributed by atoms with van der Waals surface area (Å²) in [5.41, 5.74) is 2.98. The highest BCUT2D eigenvalue weighted by atomic mass is 16.5. The average Bonchev–Trinajstić information content (AvgIpc) is 2.56. The lowest BCUT2D eigenvalue weighted by atomic mass is 9.89. The van der Waals surface area contributed by atoms with Gasteiger partial charge in [0.2, 0.25) is 0 Å². The van der Waals surface area contributed by atoms with E-state index >= 15 is 0 Å². The quantitative estimate of drug-likeness (QED) is 0.769. The minimum Gasteiger partial charge on any atom is -0.497 e. The van der Waals surface area contributed by atoms with Gasteiger partial charge in [0.05, 0.1) is 7.11 Å². The molecule has 2 aliphatic rings. The van der Waals surface area contributed by atoms with E-state index in [0.717, 1.165) is 18.2 Å². The van der Waals surface area contributed by atoms with Gasteiger partial charge in [-0.2, -0.15) is 0 Å². The molecule has 0 spiro atoms. The normalized spacial score (nSPS) is 23.7. The van der Waals surface area contributed by atoms with Crippen LogP contribution in [0.25, 0.3) is 0 Å². The maximum absolute atomic E-state index is 5.31. The first-order valence-corrected chi connectivity index (χ1v) is 8.40. The van der Waals surface area contributed by atoms with Crippen molar-refractivity contribution < 1.29 is 4.74 Å². The summed E-state index contributed by atoms with van der Waals surface area (Å²) in [5, 5.41) is 0. The molecule has 2 heteroatoms. The van der Waals surface area contributed by atoms with E-state index in [-0.39, 0.29) is 0 Å². The van der Waals surface area contributed by atoms with Gasteiger partial charge in [-0.15, -0.1) is 0 Å². The molecule has 1 saturated heterocycles. The highest BCUT2D eigenvalue weighted by Gasteiger charge is 2.22. The molecule has 1 unspecified atom stereocenters. The van der Waals surface area contributed by atoms with E-state index in [4.69, 9.17) is 4.74 Å². The average molecular weight is 285 g/mol. The lowest BCUT2D eigenvalue weighted by Gasteiger charge is -2.36. The first kappa shape index (κ1) is 14.6. The maximum Gasteiger partial charge on any atom is 0.119 e. The van der Waals surface area contributed by atoms with E-state index < -0.39 is 0 Å². The van der Waals surface area contributed by atoms with Crippen LogP contribution >= 0.6 is 0 Å². The van der Waals surface area contributed by atoms with Gasteiger partial charge in [-0.25, -0.2) is 0 Å². The van der Waals surface area contributed by atoms with Crippen molar-refractivity contribution in [3.63, 3.8) is 0 Å². The predicted octanol–water partition coefficient (Wildman–Crippen LogP) is 4.20. The molecule has 1 atom stereocenters. The van der Waals surface area contributed by atoms with E-state index in [1.807, 2.05) is 6.07 Å². The third-order valence-electron chi connectivity index (χ3n) is 4.95. The Labute approximate surface area is 128 Å². The Kier molecular flexibility index (Phi) is 4.97. The molecule has 1 aliphatic carbocycles. The van der Waals surface area contributed by atoms with Crippen molar-refractivity contribution in [3.05, 3.63) is 41.5 Å². The van der Waals surface area contributed by atoms with Gasteiger partial charge in [0.15, 0.2) is 0 Å². The van der Waals surface area contributed by atoms with Crippen molar-refractivity contribution >= 4 is 0 Å². The Morgan fingerprint density at radius 3 is 2.76 bits per heavy atom. The molecular weight excluding hydrogens is 258 g/mol. The number of nitrogens with zero attached hydrogens (tertiary/aromatic N) is 1. The lowest BCUT2D eigenvalue weighted by molar-refractivity contribution is 0.152. The molecule has 0 bridgehead atoms. The van der Waals surface area contributed by atoms with Crippen molar-refractivity contribution in [2.24, 2.45) is 0 Å². The smallest absolute Gasteiger partial charge is 0.119 e. The number of hydrogen-bond acceptors (Lipinski definition) is 2. The summed E-state index contributed by atoms with van der Waals surface area (Å²) in [6.07, 6.45) is 11.7. The molecule has 1 heterocycles. The predicted molar refractivity (Wildman–Crippen MR) is 87.8 cm³/mol. The van der Waals surface area contributed by atoms with E-state index in [1.54, 1.807) is 12.7 Å². The number of ether oxygens (including phenoxy) is 1. The Morgan fingerprint density at radius 1 is 1.19 bits per heavy atom. The van der Waals surface area contributed by atoms with Gasteiger partial charge in [-0.1, -0.05) is 30.2 Å². The van der Waals surface area contributed by atoms with E-state index in [0.29, 0.717) is 0 Å². The molecular formula is C19H27NO. The van der Waals surface area contributed by atoms with Crippen molar-refractivity contribution in [3.8, 4) is 5.75 Å². The van der Waals surface area contributed by atoms with Crippen molar-refractivity contribution in [1.82, 2.24) is 4.90 Å². The lowest BCUT2D eigenvalue weighted by Crippen LogP contribution is -2.39. The van der Waals surface area contributed by atoms with Crippen LogP contribution in [-0.2, 0) is 6.42 Å². The highest BCUT2D eigenvalue weighted by Crippen LogP contribution is 2.27. The SMILES string of the molecule is COc1cccc(CC2=CCC(N3CCCCC3)CC2)c1. The molecule has 114 valence electrons. The monoisotopic (exact) mass is 285 g/mol. The van der Waals surface area contributed by atoms with Gasteiger partial charge in [-0.3, -0.25) is 0 Å². The highest BCUT2D eigenvalue weighted by molar-refractivity contribution is 5.31. The van der Waals surface area contributed by atoms with Crippen LogP contribution in [0.2, 0.25) is 0 Å². The second kappa shape index (κ2) is 7.13. The summed E-state index contributed by atoms with van der Waals surface area (Å²) in [7, 11) is 1.74. The van der Waals surface area contributed by atoms with Crippen LogP contribution in [0.4, 0.5) is 0 Å². The van der Waals surface area contributed by atoms with Gasteiger partial charge >= 0.3 is 0 Å². The van der Waals surface area contributed by atoms with Gasteiger partial charge in [0.25, 0.3) is 0 Å². The number of benzene rings is 1. The number of rotatable bonds is 4. The van der Waals surface area contributed by atoms with Crippen LogP contribution in [0.15, 0.2) is 35.9 Å².